The first-order valence-corrected chi connectivity index (χ1v) is 7.05. The van der Waals surface area contributed by atoms with Gasteiger partial charge in [-0.25, -0.2) is 0 Å². The minimum absolute atomic E-state index is 0.195. The van der Waals surface area contributed by atoms with Crippen molar-refractivity contribution in [2.45, 2.75) is 32.6 Å². The zero-order chi connectivity index (χ0) is 14.3. The number of nitrogens with zero attached hydrogens (tertiary/aromatic N) is 1. The van der Waals surface area contributed by atoms with Gasteiger partial charge in [-0.05, 0) is 49.7 Å². The van der Waals surface area contributed by atoms with Crippen LogP contribution in [0, 0.1) is 0 Å². The topological polar surface area (TPSA) is 38.5 Å². The number of likely N-dealkylation sites (N-methyl/N-ethyl adjacent to an activating group) is 1. The monoisotopic (exact) mass is 264 g/mol. The summed E-state index contributed by atoms with van der Waals surface area (Å²) in [5, 5.41) is 0. The average Bonchev–Trinajstić information content (AvgIpc) is 2.36. The Morgan fingerprint density at radius 1 is 1.11 bits per heavy atom. The summed E-state index contributed by atoms with van der Waals surface area (Å²) in [5.74, 6) is 0.945. The quantitative estimate of drug-likeness (QED) is 0.823. The highest BCUT2D eigenvalue weighted by Crippen LogP contribution is 2.24. The van der Waals surface area contributed by atoms with Gasteiger partial charge in [0, 0.05) is 6.54 Å². The molecule has 0 radical (unpaired) electrons. The Morgan fingerprint density at radius 2 is 1.74 bits per heavy atom. The van der Waals surface area contributed by atoms with Crippen molar-refractivity contribution in [3.8, 4) is 5.75 Å². The molecular weight excluding hydrogens is 236 g/mol. The molecule has 0 aliphatic rings. The smallest absolute Gasteiger partial charge is 0.119 e. The van der Waals surface area contributed by atoms with Gasteiger partial charge in [0.15, 0.2) is 0 Å². The fourth-order valence-corrected chi connectivity index (χ4v) is 1.84. The summed E-state index contributed by atoms with van der Waals surface area (Å²) in [6, 6.07) is 8.40. The Morgan fingerprint density at radius 3 is 2.26 bits per heavy atom. The highest BCUT2D eigenvalue weighted by Gasteiger charge is 2.12. The van der Waals surface area contributed by atoms with Gasteiger partial charge in [0.25, 0.3) is 0 Å². The van der Waals surface area contributed by atoms with E-state index in [2.05, 4.69) is 57.0 Å². The highest BCUT2D eigenvalue weighted by atomic mass is 16.5. The van der Waals surface area contributed by atoms with E-state index in [-0.39, 0.29) is 5.41 Å². The number of ether oxygens (including phenoxy) is 1. The third kappa shape index (κ3) is 6.08. The molecule has 0 saturated carbocycles. The maximum absolute atomic E-state index is 5.75. The second-order valence-electron chi connectivity index (χ2n) is 6.07. The van der Waals surface area contributed by atoms with Crippen molar-refractivity contribution >= 4 is 0 Å². The van der Waals surface area contributed by atoms with E-state index < -0.39 is 0 Å². The summed E-state index contributed by atoms with van der Waals surface area (Å²) in [6.45, 7) is 10.1. The van der Waals surface area contributed by atoms with Crippen LogP contribution >= 0.6 is 0 Å². The number of rotatable bonds is 7. The van der Waals surface area contributed by atoms with Crippen LogP contribution in [0.25, 0.3) is 0 Å². The van der Waals surface area contributed by atoms with Crippen LogP contribution in [-0.4, -0.2) is 38.2 Å². The fourth-order valence-electron chi connectivity index (χ4n) is 1.84. The van der Waals surface area contributed by atoms with Crippen molar-refractivity contribution in [3.05, 3.63) is 29.8 Å². The van der Waals surface area contributed by atoms with Crippen molar-refractivity contribution in [2.24, 2.45) is 5.73 Å². The molecule has 1 aromatic rings. The van der Waals surface area contributed by atoms with Crippen LogP contribution in [0.2, 0.25) is 0 Å². The van der Waals surface area contributed by atoms with Gasteiger partial charge in [0.2, 0.25) is 0 Å². The van der Waals surface area contributed by atoms with Crippen molar-refractivity contribution in [2.75, 3.05) is 33.3 Å². The molecule has 0 heterocycles. The lowest BCUT2D eigenvalue weighted by Crippen LogP contribution is -2.26. The number of hydrogen-bond donors (Lipinski definition) is 1. The molecule has 0 spiro atoms. The van der Waals surface area contributed by atoms with Gasteiger partial charge in [0.1, 0.15) is 12.4 Å². The van der Waals surface area contributed by atoms with E-state index in [1.165, 1.54) is 5.56 Å². The number of hydrogen-bond acceptors (Lipinski definition) is 3. The molecule has 0 amide bonds. The van der Waals surface area contributed by atoms with Crippen molar-refractivity contribution in [1.29, 1.82) is 0 Å². The lowest BCUT2D eigenvalue weighted by molar-refractivity contribution is 0.236. The van der Waals surface area contributed by atoms with Gasteiger partial charge in [0.05, 0.1) is 0 Å². The number of nitrogens with two attached hydrogens (primary N) is 1. The molecule has 0 bridgehead atoms. The predicted molar refractivity (Wildman–Crippen MR) is 81.8 cm³/mol. The predicted octanol–water partition coefficient (Wildman–Crippen LogP) is 2.64. The third-order valence-electron chi connectivity index (χ3n) is 3.21. The first kappa shape index (κ1) is 16.0. The van der Waals surface area contributed by atoms with Gasteiger partial charge in [-0.15, -0.1) is 0 Å². The zero-order valence-corrected chi connectivity index (χ0v) is 12.8. The number of benzene rings is 1. The van der Waals surface area contributed by atoms with E-state index in [4.69, 9.17) is 10.5 Å². The van der Waals surface area contributed by atoms with Crippen molar-refractivity contribution in [3.63, 3.8) is 0 Å². The van der Waals surface area contributed by atoms with Crippen LogP contribution in [0.15, 0.2) is 24.3 Å². The molecule has 2 N–H and O–H groups in total. The van der Waals surface area contributed by atoms with Crippen molar-refractivity contribution in [1.82, 2.24) is 4.90 Å². The van der Waals surface area contributed by atoms with E-state index in [1.807, 2.05) is 0 Å². The Balaban J connectivity index is 2.34. The molecule has 1 aromatic carbocycles. The molecule has 3 heteroatoms. The Labute approximate surface area is 117 Å². The summed E-state index contributed by atoms with van der Waals surface area (Å²) in [7, 11) is 2.10. The van der Waals surface area contributed by atoms with Gasteiger partial charge in [-0.3, -0.25) is 0 Å². The van der Waals surface area contributed by atoms with Crippen LogP contribution in [0.3, 0.4) is 0 Å². The highest BCUT2D eigenvalue weighted by molar-refractivity contribution is 5.31. The second kappa shape index (κ2) is 7.51. The Kier molecular flexibility index (Phi) is 6.32. The van der Waals surface area contributed by atoms with E-state index >= 15 is 0 Å². The van der Waals surface area contributed by atoms with Crippen LogP contribution in [0.5, 0.6) is 5.75 Å². The molecule has 0 aromatic heterocycles. The molecule has 108 valence electrons. The molecule has 0 fully saturated rings. The van der Waals surface area contributed by atoms with Crippen molar-refractivity contribution < 1.29 is 4.74 Å². The standard InChI is InChI=1S/C16H28N2O/c1-16(2,3)14-6-8-15(9-7-14)19-13-12-18(4)11-5-10-17/h6-9H,5,10-13,17H2,1-4H3. The maximum Gasteiger partial charge on any atom is 0.119 e. The summed E-state index contributed by atoms with van der Waals surface area (Å²) in [6.07, 6.45) is 1.04. The third-order valence-corrected chi connectivity index (χ3v) is 3.21. The summed E-state index contributed by atoms with van der Waals surface area (Å²) in [4.78, 5) is 2.25. The minimum atomic E-state index is 0.195. The van der Waals surface area contributed by atoms with Crippen LogP contribution in [0.1, 0.15) is 32.8 Å². The van der Waals surface area contributed by atoms with E-state index in [1.54, 1.807) is 0 Å². The molecule has 0 unspecified atom stereocenters. The maximum atomic E-state index is 5.75. The molecular formula is C16H28N2O. The molecule has 0 aliphatic carbocycles. The second-order valence-corrected chi connectivity index (χ2v) is 6.07. The molecule has 0 saturated heterocycles. The minimum Gasteiger partial charge on any atom is -0.492 e. The van der Waals surface area contributed by atoms with Gasteiger partial charge in [-0.1, -0.05) is 32.9 Å². The average molecular weight is 264 g/mol. The van der Waals surface area contributed by atoms with Crippen LogP contribution in [-0.2, 0) is 5.41 Å². The molecule has 3 nitrogen and oxygen atoms in total. The van der Waals surface area contributed by atoms with E-state index in [0.29, 0.717) is 0 Å². The Hall–Kier alpha value is -1.06. The lowest BCUT2D eigenvalue weighted by Gasteiger charge is -2.19. The van der Waals surface area contributed by atoms with E-state index in [9.17, 15) is 0 Å². The van der Waals surface area contributed by atoms with Gasteiger partial charge in [-0.2, -0.15) is 0 Å². The summed E-state index contributed by atoms with van der Waals surface area (Å²) < 4.78 is 5.75. The first-order chi connectivity index (χ1) is 8.93. The van der Waals surface area contributed by atoms with Gasteiger partial charge < -0.3 is 15.4 Å². The SMILES string of the molecule is CN(CCCN)CCOc1ccc(C(C)(C)C)cc1. The normalized spacial score (nSPS) is 11.9. The van der Waals surface area contributed by atoms with Gasteiger partial charge >= 0.3 is 0 Å². The lowest BCUT2D eigenvalue weighted by atomic mass is 9.87. The molecule has 0 atom stereocenters. The summed E-state index contributed by atoms with van der Waals surface area (Å²) in [5.41, 5.74) is 7.02. The van der Waals surface area contributed by atoms with Crippen LogP contribution in [0.4, 0.5) is 0 Å². The largest absolute Gasteiger partial charge is 0.492 e. The molecule has 19 heavy (non-hydrogen) atoms. The first-order valence-electron chi connectivity index (χ1n) is 7.05. The zero-order valence-electron chi connectivity index (χ0n) is 12.8. The Bertz CT molecular complexity index is 354. The van der Waals surface area contributed by atoms with Crippen LogP contribution < -0.4 is 10.5 Å². The van der Waals surface area contributed by atoms with E-state index in [0.717, 1.165) is 38.4 Å². The molecule has 1 rings (SSSR count). The summed E-state index contributed by atoms with van der Waals surface area (Å²) >= 11 is 0. The molecule has 0 aliphatic heterocycles. The fraction of sp³-hybridized carbons (Fsp3) is 0.625.